The van der Waals surface area contributed by atoms with Crippen molar-refractivity contribution in [3.05, 3.63) is 29.8 Å². The van der Waals surface area contributed by atoms with E-state index in [2.05, 4.69) is 10.5 Å². The molecule has 3 aliphatic heterocycles. The molecule has 0 radical (unpaired) electrons. The van der Waals surface area contributed by atoms with Crippen molar-refractivity contribution < 1.29 is 9.69 Å². The van der Waals surface area contributed by atoms with Gasteiger partial charge >= 0.3 is 0 Å². The molecule has 4 N–H and O–H groups in total. The lowest BCUT2D eigenvalue weighted by Gasteiger charge is -2.36. The Bertz CT molecular complexity index is 501. The van der Waals surface area contributed by atoms with Gasteiger partial charge in [0, 0.05) is 30.0 Å². The predicted octanol–water partition coefficient (Wildman–Crippen LogP) is -0.337. The number of nitrogen functional groups attached to an aromatic ring is 1. The SMILES string of the molecule is Nc1ccc(C(=O)N/N=C2\C[NH+]3CCC2CC3)cc1. The van der Waals surface area contributed by atoms with Gasteiger partial charge in [-0.05, 0) is 24.3 Å². The minimum Gasteiger partial charge on any atom is -0.399 e. The molecule has 1 amide bonds. The summed E-state index contributed by atoms with van der Waals surface area (Å²) in [5.41, 5.74) is 10.7. The molecule has 0 aliphatic carbocycles. The van der Waals surface area contributed by atoms with Crippen molar-refractivity contribution in [1.29, 1.82) is 0 Å². The summed E-state index contributed by atoms with van der Waals surface area (Å²) >= 11 is 0. The molecule has 19 heavy (non-hydrogen) atoms. The Morgan fingerprint density at radius 1 is 1.26 bits per heavy atom. The van der Waals surface area contributed by atoms with Crippen LogP contribution in [0.25, 0.3) is 0 Å². The molecule has 100 valence electrons. The van der Waals surface area contributed by atoms with Crippen LogP contribution >= 0.6 is 0 Å². The summed E-state index contributed by atoms with van der Waals surface area (Å²) in [6, 6.07) is 6.88. The third-order valence-electron chi connectivity index (χ3n) is 4.07. The fourth-order valence-electron chi connectivity index (χ4n) is 2.89. The second-order valence-electron chi connectivity index (χ2n) is 5.37. The molecule has 1 aromatic rings. The van der Waals surface area contributed by atoms with Gasteiger partial charge in [0.25, 0.3) is 5.91 Å². The Hall–Kier alpha value is -1.88. The molecule has 4 rings (SSSR count). The van der Waals surface area contributed by atoms with Gasteiger partial charge in [-0.3, -0.25) is 4.79 Å². The number of nitrogens with two attached hydrogens (primary N) is 1. The molecule has 3 saturated heterocycles. The molecule has 3 fully saturated rings. The largest absolute Gasteiger partial charge is 0.399 e. The first-order chi connectivity index (χ1) is 9.22. The first-order valence-corrected chi connectivity index (χ1v) is 6.78. The fraction of sp³-hybridized carbons (Fsp3) is 0.429. The van der Waals surface area contributed by atoms with Crippen LogP contribution < -0.4 is 16.1 Å². The summed E-state index contributed by atoms with van der Waals surface area (Å²) in [6.07, 6.45) is 2.40. The van der Waals surface area contributed by atoms with E-state index in [1.54, 1.807) is 29.2 Å². The summed E-state index contributed by atoms with van der Waals surface area (Å²) in [4.78, 5) is 13.5. The number of carbonyl (C=O) groups excluding carboxylic acids is 1. The van der Waals surface area contributed by atoms with Crippen molar-refractivity contribution in [3.63, 3.8) is 0 Å². The Balaban J connectivity index is 1.65. The zero-order chi connectivity index (χ0) is 13.2. The maximum atomic E-state index is 11.9. The standard InChI is InChI=1S/C14H18N4O/c15-12-3-1-11(2-4-12)14(19)17-16-13-9-18-7-5-10(13)6-8-18/h1-4,10H,5-9,15H2,(H,17,19)/p+1/b16-13+. The average molecular weight is 259 g/mol. The van der Waals surface area contributed by atoms with Crippen molar-refractivity contribution in [2.75, 3.05) is 25.4 Å². The van der Waals surface area contributed by atoms with Crippen LogP contribution in [0.2, 0.25) is 0 Å². The van der Waals surface area contributed by atoms with Crippen LogP contribution in [-0.4, -0.2) is 31.3 Å². The minimum absolute atomic E-state index is 0.168. The van der Waals surface area contributed by atoms with E-state index in [1.165, 1.54) is 25.9 Å². The summed E-state index contributed by atoms with van der Waals surface area (Å²) in [6.45, 7) is 3.47. The lowest BCUT2D eigenvalue weighted by molar-refractivity contribution is -0.902. The number of amides is 1. The Morgan fingerprint density at radius 3 is 2.53 bits per heavy atom. The third-order valence-corrected chi connectivity index (χ3v) is 4.07. The molecule has 1 aromatic carbocycles. The van der Waals surface area contributed by atoms with Crippen LogP contribution in [-0.2, 0) is 0 Å². The van der Waals surface area contributed by atoms with E-state index in [1.807, 2.05) is 0 Å². The maximum absolute atomic E-state index is 11.9. The van der Waals surface area contributed by atoms with Crippen molar-refractivity contribution in [2.45, 2.75) is 12.8 Å². The third kappa shape index (κ3) is 2.61. The van der Waals surface area contributed by atoms with E-state index in [9.17, 15) is 4.79 Å². The second-order valence-corrected chi connectivity index (χ2v) is 5.37. The average Bonchev–Trinajstić information content (AvgIpc) is 2.47. The summed E-state index contributed by atoms with van der Waals surface area (Å²) < 4.78 is 0. The Kier molecular flexibility index (Phi) is 3.21. The summed E-state index contributed by atoms with van der Waals surface area (Å²) in [5.74, 6) is 0.406. The van der Waals surface area contributed by atoms with Crippen LogP contribution in [0.15, 0.2) is 29.4 Å². The number of carbonyl (C=O) groups is 1. The van der Waals surface area contributed by atoms with E-state index >= 15 is 0 Å². The molecular formula is C14H19N4O+. The van der Waals surface area contributed by atoms with E-state index in [-0.39, 0.29) is 5.91 Å². The Labute approximate surface area is 112 Å². The van der Waals surface area contributed by atoms with Gasteiger partial charge in [-0.25, -0.2) is 5.43 Å². The lowest BCUT2D eigenvalue weighted by Crippen LogP contribution is -3.16. The normalized spacial score (nSPS) is 27.5. The van der Waals surface area contributed by atoms with E-state index in [4.69, 9.17) is 5.73 Å². The first kappa shape index (κ1) is 12.2. The van der Waals surface area contributed by atoms with Gasteiger partial charge in [0.2, 0.25) is 0 Å². The van der Waals surface area contributed by atoms with Gasteiger partial charge in [-0.1, -0.05) is 0 Å². The molecule has 0 aromatic heterocycles. The van der Waals surface area contributed by atoms with E-state index in [0.717, 1.165) is 12.3 Å². The number of nitrogens with zero attached hydrogens (tertiary/aromatic N) is 1. The topological polar surface area (TPSA) is 71.9 Å². The van der Waals surface area contributed by atoms with Gasteiger partial charge in [-0.15, -0.1) is 0 Å². The molecule has 0 unspecified atom stereocenters. The highest BCUT2D eigenvalue weighted by Gasteiger charge is 2.34. The number of hydrazone groups is 1. The van der Waals surface area contributed by atoms with Crippen LogP contribution in [0.5, 0.6) is 0 Å². The zero-order valence-electron chi connectivity index (χ0n) is 10.9. The highest BCUT2D eigenvalue weighted by Crippen LogP contribution is 2.15. The Morgan fingerprint density at radius 2 is 1.95 bits per heavy atom. The molecule has 0 saturated carbocycles. The van der Waals surface area contributed by atoms with Gasteiger partial charge in [0.1, 0.15) is 6.54 Å². The molecule has 5 nitrogen and oxygen atoms in total. The van der Waals surface area contributed by atoms with Crippen LogP contribution in [0.1, 0.15) is 23.2 Å². The number of hydrogen-bond donors (Lipinski definition) is 3. The molecule has 2 bridgehead atoms. The number of nitrogens with one attached hydrogen (secondary N) is 2. The van der Waals surface area contributed by atoms with Crippen molar-refractivity contribution in [2.24, 2.45) is 11.0 Å². The number of fused-ring (bicyclic) bond motifs is 3. The monoisotopic (exact) mass is 259 g/mol. The summed E-state index contributed by atoms with van der Waals surface area (Å²) in [5, 5.41) is 4.33. The maximum Gasteiger partial charge on any atom is 0.271 e. The minimum atomic E-state index is -0.168. The molecule has 5 heteroatoms. The number of piperidine rings is 3. The van der Waals surface area contributed by atoms with Gasteiger partial charge in [0.15, 0.2) is 0 Å². The van der Waals surface area contributed by atoms with Gasteiger partial charge in [-0.2, -0.15) is 5.10 Å². The second kappa shape index (κ2) is 5.01. The number of quaternary nitrogens is 1. The van der Waals surface area contributed by atoms with Crippen LogP contribution in [0.4, 0.5) is 5.69 Å². The number of rotatable bonds is 2. The van der Waals surface area contributed by atoms with Crippen molar-refractivity contribution in [1.82, 2.24) is 5.43 Å². The smallest absolute Gasteiger partial charge is 0.271 e. The number of benzene rings is 1. The molecule has 3 heterocycles. The number of anilines is 1. The fourth-order valence-corrected chi connectivity index (χ4v) is 2.89. The predicted molar refractivity (Wildman–Crippen MR) is 74.0 cm³/mol. The lowest BCUT2D eigenvalue weighted by atomic mass is 9.87. The highest BCUT2D eigenvalue weighted by molar-refractivity contribution is 5.96. The first-order valence-electron chi connectivity index (χ1n) is 6.78. The summed E-state index contributed by atoms with van der Waals surface area (Å²) in [7, 11) is 0. The van der Waals surface area contributed by atoms with Gasteiger partial charge in [0.05, 0.1) is 18.8 Å². The number of hydrogen-bond acceptors (Lipinski definition) is 3. The zero-order valence-corrected chi connectivity index (χ0v) is 10.9. The molecule has 0 spiro atoms. The molecular weight excluding hydrogens is 240 g/mol. The van der Waals surface area contributed by atoms with E-state index in [0.29, 0.717) is 17.2 Å². The quantitative estimate of drug-likeness (QED) is 0.502. The van der Waals surface area contributed by atoms with Crippen LogP contribution in [0, 0.1) is 5.92 Å². The van der Waals surface area contributed by atoms with Gasteiger partial charge < -0.3 is 10.6 Å². The molecule has 0 atom stereocenters. The van der Waals surface area contributed by atoms with Crippen LogP contribution in [0.3, 0.4) is 0 Å². The molecule has 3 aliphatic rings. The highest BCUT2D eigenvalue weighted by atomic mass is 16.2. The van der Waals surface area contributed by atoms with Crippen molar-refractivity contribution >= 4 is 17.3 Å². The van der Waals surface area contributed by atoms with E-state index < -0.39 is 0 Å². The van der Waals surface area contributed by atoms with Crippen molar-refractivity contribution in [3.8, 4) is 0 Å².